The molecule has 158 valence electrons. The molecule has 1 aliphatic heterocycles. The number of nitrogens with one attached hydrogen (secondary N) is 2. The number of hydrogen-bond donors (Lipinski definition) is 2. The van der Waals surface area contributed by atoms with Crippen LogP contribution in [0, 0.1) is 17.3 Å². The van der Waals surface area contributed by atoms with Crippen LogP contribution in [0.3, 0.4) is 0 Å². The average Bonchev–Trinajstić information content (AvgIpc) is 3.11. The van der Waals surface area contributed by atoms with Gasteiger partial charge in [-0.25, -0.2) is 0 Å². The number of nitrogens with zero attached hydrogens (tertiary/aromatic N) is 2. The Bertz CT molecular complexity index is 432. The minimum absolute atomic E-state index is 0.395. The van der Waals surface area contributed by atoms with Gasteiger partial charge >= 0.3 is 0 Å². The largest absolute Gasteiger partial charge is 0.382 e. The van der Waals surface area contributed by atoms with Crippen LogP contribution in [-0.2, 0) is 4.74 Å². The summed E-state index contributed by atoms with van der Waals surface area (Å²) in [6.07, 6.45) is 9.16. The standard InChI is InChI=1S/C22H44N4O/c1-5-27-14-12-22(10-6-7-11-22)18-25-21(23-4)24-15-20-9-8-13-26(17-20)16-19(2)3/h19-20H,5-18H2,1-4H3,(H2,23,24,25). The zero-order valence-corrected chi connectivity index (χ0v) is 18.4. The van der Waals surface area contributed by atoms with E-state index in [0.717, 1.165) is 50.5 Å². The van der Waals surface area contributed by atoms with Gasteiger partial charge in [-0.2, -0.15) is 0 Å². The molecule has 1 aliphatic carbocycles. The summed E-state index contributed by atoms with van der Waals surface area (Å²) in [4.78, 5) is 7.11. The van der Waals surface area contributed by atoms with Crippen LogP contribution >= 0.6 is 0 Å². The highest BCUT2D eigenvalue weighted by atomic mass is 16.5. The number of ether oxygens (including phenoxy) is 1. The number of piperidine rings is 1. The van der Waals surface area contributed by atoms with Crippen molar-refractivity contribution in [3.8, 4) is 0 Å². The van der Waals surface area contributed by atoms with Crippen molar-refractivity contribution in [1.29, 1.82) is 0 Å². The van der Waals surface area contributed by atoms with Crippen LogP contribution in [-0.4, -0.2) is 63.8 Å². The Morgan fingerprint density at radius 3 is 2.67 bits per heavy atom. The van der Waals surface area contributed by atoms with Crippen LogP contribution in [0.1, 0.15) is 65.7 Å². The van der Waals surface area contributed by atoms with E-state index in [-0.39, 0.29) is 0 Å². The zero-order chi connectivity index (χ0) is 19.5. The van der Waals surface area contributed by atoms with Crippen LogP contribution in [0.25, 0.3) is 0 Å². The summed E-state index contributed by atoms with van der Waals surface area (Å²) < 4.78 is 5.64. The second-order valence-electron chi connectivity index (χ2n) is 9.12. The van der Waals surface area contributed by atoms with Crippen LogP contribution in [0.4, 0.5) is 0 Å². The lowest BCUT2D eigenvalue weighted by Crippen LogP contribution is -2.47. The van der Waals surface area contributed by atoms with Crippen LogP contribution in [0.5, 0.6) is 0 Å². The maximum Gasteiger partial charge on any atom is 0.191 e. The molecule has 0 aromatic rings. The fourth-order valence-electron chi connectivity index (χ4n) is 4.81. The molecule has 2 fully saturated rings. The molecule has 5 heteroatoms. The molecule has 1 saturated heterocycles. The van der Waals surface area contributed by atoms with E-state index < -0.39 is 0 Å². The molecule has 0 aromatic heterocycles. The predicted octanol–water partition coefficient (Wildman–Crippen LogP) is 3.51. The van der Waals surface area contributed by atoms with Gasteiger partial charge in [-0.05, 0) is 62.8 Å². The Morgan fingerprint density at radius 2 is 2.00 bits per heavy atom. The third kappa shape index (κ3) is 7.98. The molecule has 1 saturated carbocycles. The van der Waals surface area contributed by atoms with Crippen molar-refractivity contribution in [3.63, 3.8) is 0 Å². The van der Waals surface area contributed by atoms with Gasteiger partial charge in [0.2, 0.25) is 0 Å². The van der Waals surface area contributed by atoms with Crippen molar-refractivity contribution in [3.05, 3.63) is 0 Å². The van der Waals surface area contributed by atoms with E-state index in [0.29, 0.717) is 5.41 Å². The third-order valence-electron chi connectivity index (χ3n) is 6.28. The van der Waals surface area contributed by atoms with Crippen molar-refractivity contribution in [2.45, 2.75) is 65.7 Å². The topological polar surface area (TPSA) is 48.9 Å². The van der Waals surface area contributed by atoms with Gasteiger partial charge in [-0.15, -0.1) is 0 Å². The molecule has 1 unspecified atom stereocenters. The van der Waals surface area contributed by atoms with Gasteiger partial charge in [-0.1, -0.05) is 26.7 Å². The van der Waals surface area contributed by atoms with Crippen LogP contribution in [0.15, 0.2) is 4.99 Å². The van der Waals surface area contributed by atoms with Gasteiger partial charge in [0.25, 0.3) is 0 Å². The van der Waals surface area contributed by atoms with Crippen molar-refractivity contribution in [2.75, 3.05) is 53.0 Å². The summed E-state index contributed by atoms with van der Waals surface area (Å²) in [5.41, 5.74) is 0.395. The monoisotopic (exact) mass is 380 g/mol. The third-order valence-corrected chi connectivity index (χ3v) is 6.28. The number of rotatable bonds is 10. The number of aliphatic imine (C=N–C) groups is 1. The lowest BCUT2D eigenvalue weighted by molar-refractivity contribution is 0.105. The van der Waals surface area contributed by atoms with Gasteiger partial charge in [0, 0.05) is 46.4 Å². The quantitative estimate of drug-likeness (QED) is 0.346. The summed E-state index contributed by atoms with van der Waals surface area (Å²) >= 11 is 0. The highest BCUT2D eigenvalue weighted by Crippen LogP contribution is 2.40. The Hall–Kier alpha value is -0.810. The van der Waals surface area contributed by atoms with E-state index in [1.807, 2.05) is 7.05 Å². The molecule has 0 radical (unpaired) electrons. The zero-order valence-electron chi connectivity index (χ0n) is 18.4. The molecule has 0 aromatic carbocycles. The van der Waals surface area contributed by atoms with E-state index >= 15 is 0 Å². The first-order chi connectivity index (χ1) is 13.1. The SMILES string of the molecule is CCOCCC1(CNC(=NC)NCC2CCCN(CC(C)C)C2)CCCC1. The molecule has 5 nitrogen and oxygen atoms in total. The molecule has 2 aliphatic rings. The summed E-state index contributed by atoms with van der Waals surface area (Å²) in [6.45, 7) is 14.2. The summed E-state index contributed by atoms with van der Waals surface area (Å²) in [5, 5.41) is 7.23. The predicted molar refractivity (Wildman–Crippen MR) is 115 cm³/mol. The van der Waals surface area contributed by atoms with Gasteiger partial charge in [0.1, 0.15) is 0 Å². The number of likely N-dealkylation sites (tertiary alicyclic amines) is 1. The first kappa shape index (κ1) is 22.5. The number of hydrogen-bond acceptors (Lipinski definition) is 3. The summed E-state index contributed by atoms with van der Waals surface area (Å²) in [7, 11) is 1.89. The minimum Gasteiger partial charge on any atom is -0.382 e. The van der Waals surface area contributed by atoms with Gasteiger partial charge < -0.3 is 20.3 Å². The fraction of sp³-hybridized carbons (Fsp3) is 0.955. The van der Waals surface area contributed by atoms with E-state index in [1.165, 1.54) is 58.2 Å². The number of guanidine groups is 1. The highest BCUT2D eigenvalue weighted by Gasteiger charge is 2.33. The van der Waals surface area contributed by atoms with E-state index in [2.05, 4.69) is 41.3 Å². The average molecular weight is 381 g/mol. The lowest BCUT2D eigenvalue weighted by atomic mass is 9.83. The second-order valence-corrected chi connectivity index (χ2v) is 9.12. The van der Waals surface area contributed by atoms with Crippen molar-refractivity contribution >= 4 is 5.96 Å². The van der Waals surface area contributed by atoms with Crippen molar-refractivity contribution in [2.24, 2.45) is 22.2 Å². The molecule has 2 N–H and O–H groups in total. The van der Waals surface area contributed by atoms with E-state index in [1.54, 1.807) is 0 Å². The molecule has 1 atom stereocenters. The van der Waals surface area contributed by atoms with E-state index in [9.17, 15) is 0 Å². The van der Waals surface area contributed by atoms with Crippen LogP contribution < -0.4 is 10.6 Å². The summed E-state index contributed by atoms with van der Waals surface area (Å²) in [6, 6.07) is 0. The maximum atomic E-state index is 5.64. The first-order valence-corrected chi connectivity index (χ1v) is 11.3. The Labute approximate surface area is 167 Å². The Morgan fingerprint density at radius 1 is 1.22 bits per heavy atom. The highest BCUT2D eigenvalue weighted by molar-refractivity contribution is 5.79. The first-order valence-electron chi connectivity index (χ1n) is 11.3. The molecule has 27 heavy (non-hydrogen) atoms. The van der Waals surface area contributed by atoms with Crippen molar-refractivity contribution in [1.82, 2.24) is 15.5 Å². The molecular formula is C22H44N4O. The van der Waals surface area contributed by atoms with Crippen molar-refractivity contribution < 1.29 is 4.74 Å². The molecule has 0 amide bonds. The molecule has 1 heterocycles. The van der Waals surface area contributed by atoms with Gasteiger partial charge in [0.15, 0.2) is 5.96 Å². The van der Waals surface area contributed by atoms with Gasteiger partial charge in [-0.3, -0.25) is 4.99 Å². The molecule has 2 rings (SSSR count). The molecule has 0 bridgehead atoms. The minimum atomic E-state index is 0.395. The van der Waals surface area contributed by atoms with Gasteiger partial charge in [0.05, 0.1) is 0 Å². The second kappa shape index (κ2) is 11.9. The molecular weight excluding hydrogens is 336 g/mol. The van der Waals surface area contributed by atoms with E-state index in [4.69, 9.17) is 4.74 Å². The lowest BCUT2D eigenvalue weighted by Gasteiger charge is -2.34. The fourth-order valence-corrected chi connectivity index (χ4v) is 4.81. The van der Waals surface area contributed by atoms with Crippen LogP contribution in [0.2, 0.25) is 0 Å². The Kier molecular flexibility index (Phi) is 9.91. The Balaban J connectivity index is 1.74. The maximum absolute atomic E-state index is 5.64. The summed E-state index contributed by atoms with van der Waals surface area (Å²) in [5.74, 6) is 2.46. The molecule has 0 spiro atoms. The smallest absolute Gasteiger partial charge is 0.191 e. The normalized spacial score (nSPS) is 23.7.